The highest BCUT2D eigenvalue weighted by atomic mass is 127. The molecule has 0 atom stereocenters. The molecule has 0 radical (unpaired) electrons. The van der Waals surface area contributed by atoms with Gasteiger partial charge in [0.1, 0.15) is 0 Å². The number of alkyl halides is 3. The molecule has 0 bridgehead atoms. The topological polar surface area (TPSA) is 50.2 Å². The fourth-order valence-corrected chi connectivity index (χ4v) is 2.38. The maximum Gasteiger partial charge on any atom is 0.338 e. The lowest BCUT2D eigenvalue weighted by Gasteiger charge is -2.09. The van der Waals surface area contributed by atoms with Crippen molar-refractivity contribution < 1.29 is 18.7 Å². The van der Waals surface area contributed by atoms with Crippen LogP contribution in [-0.4, -0.2) is 16.1 Å². The Balaban J connectivity index is 3.42. The zero-order chi connectivity index (χ0) is 11.6. The molecule has 82 valence electrons. The van der Waals surface area contributed by atoms with Crippen LogP contribution in [0.2, 0.25) is 0 Å². The van der Waals surface area contributed by atoms with E-state index < -0.39 is 12.4 Å². The summed E-state index contributed by atoms with van der Waals surface area (Å²) in [6, 6.07) is 0. The first-order valence-electron chi connectivity index (χ1n) is 3.73. The van der Waals surface area contributed by atoms with E-state index in [1.807, 2.05) is 0 Å². The van der Waals surface area contributed by atoms with Crippen LogP contribution in [0.25, 0.3) is 0 Å². The molecular formula is C8H5BrF2INO2. The molecule has 1 rings (SSSR count). The summed E-state index contributed by atoms with van der Waals surface area (Å²) < 4.78 is 25.4. The predicted octanol–water partition coefficient (Wildman–Crippen LogP) is 3.22. The maximum atomic E-state index is 12.7. The molecule has 0 aliphatic rings. The van der Waals surface area contributed by atoms with Gasteiger partial charge < -0.3 is 5.11 Å². The number of carboxylic acids is 1. The number of aromatic nitrogens is 1. The number of rotatable bonds is 3. The Morgan fingerprint density at radius 2 is 2.27 bits per heavy atom. The van der Waals surface area contributed by atoms with E-state index in [-0.39, 0.29) is 25.7 Å². The molecule has 0 saturated carbocycles. The first kappa shape index (κ1) is 12.8. The van der Waals surface area contributed by atoms with Gasteiger partial charge in [-0.1, -0.05) is 15.9 Å². The second-order valence-corrected chi connectivity index (χ2v) is 4.23. The third-order valence-corrected chi connectivity index (χ3v) is 3.40. The van der Waals surface area contributed by atoms with Crippen LogP contribution >= 0.6 is 38.5 Å². The molecule has 1 aromatic rings. The van der Waals surface area contributed by atoms with Crippen molar-refractivity contribution in [3.63, 3.8) is 0 Å². The summed E-state index contributed by atoms with van der Waals surface area (Å²) in [6.45, 7) is 0. The van der Waals surface area contributed by atoms with Gasteiger partial charge in [-0.05, 0) is 22.6 Å². The molecule has 0 saturated heterocycles. The highest BCUT2D eigenvalue weighted by Crippen LogP contribution is 2.30. The van der Waals surface area contributed by atoms with Crippen molar-refractivity contribution >= 4 is 44.5 Å². The van der Waals surface area contributed by atoms with Gasteiger partial charge >= 0.3 is 5.97 Å². The third-order valence-electron chi connectivity index (χ3n) is 1.71. The molecule has 0 aliphatic carbocycles. The summed E-state index contributed by atoms with van der Waals surface area (Å²) >= 11 is 4.62. The zero-order valence-corrected chi connectivity index (χ0v) is 10.9. The Hall–Kier alpha value is -0.310. The fourth-order valence-electron chi connectivity index (χ4n) is 1.02. The lowest BCUT2D eigenvalue weighted by atomic mass is 10.1. The molecular weight excluding hydrogens is 387 g/mol. The highest BCUT2D eigenvalue weighted by Gasteiger charge is 2.22. The molecule has 1 heterocycles. The normalized spacial score (nSPS) is 10.7. The monoisotopic (exact) mass is 391 g/mol. The van der Waals surface area contributed by atoms with Crippen molar-refractivity contribution in [1.29, 1.82) is 0 Å². The zero-order valence-electron chi connectivity index (χ0n) is 7.18. The Bertz CT molecular complexity index is 400. The van der Waals surface area contributed by atoms with Gasteiger partial charge in [-0.15, -0.1) is 0 Å². The van der Waals surface area contributed by atoms with Crippen LogP contribution in [0.1, 0.15) is 28.0 Å². The second kappa shape index (κ2) is 5.15. The number of carboxylic acid groups (broad SMARTS) is 1. The van der Waals surface area contributed by atoms with Gasteiger partial charge in [0.15, 0.2) is 0 Å². The summed E-state index contributed by atoms with van der Waals surface area (Å²) in [7, 11) is 0. The maximum absolute atomic E-state index is 12.7. The standard InChI is InChI=1S/C8H5BrF2INO2/c9-1-4-5(7(10)11)6(12)3(2-13-4)8(14)15/h2,7H,1H2,(H,14,15). The van der Waals surface area contributed by atoms with Gasteiger partial charge in [-0.3, -0.25) is 4.98 Å². The van der Waals surface area contributed by atoms with Crippen LogP contribution in [0.4, 0.5) is 8.78 Å². The largest absolute Gasteiger partial charge is 0.478 e. The number of nitrogens with zero attached hydrogens (tertiary/aromatic N) is 1. The molecule has 0 unspecified atom stereocenters. The van der Waals surface area contributed by atoms with E-state index in [1.165, 1.54) is 0 Å². The van der Waals surface area contributed by atoms with Crippen LogP contribution in [0.5, 0.6) is 0 Å². The first-order chi connectivity index (χ1) is 6.99. The molecule has 0 aromatic carbocycles. The number of halogens is 4. The fraction of sp³-hybridized carbons (Fsp3) is 0.250. The van der Waals surface area contributed by atoms with Gasteiger partial charge in [-0.25, -0.2) is 13.6 Å². The number of hydrogen-bond donors (Lipinski definition) is 1. The summed E-state index contributed by atoms with van der Waals surface area (Å²) in [4.78, 5) is 14.4. The van der Waals surface area contributed by atoms with Gasteiger partial charge in [0, 0.05) is 15.1 Å². The number of carbonyl (C=O) groups is 1. The minimum atomic E-state index is -2.73. The molecule has 0 amide bonds. The van der Waals surface area contributed by atoms with E-state index in [1.54, 1.807) is 22.6 Å². The van der Waals surface area contributed by atoms with Crippen molar-refractivity contribution in [3.05, 3.63) is 26.6 Å². The van der Waals surface area contributed by atoms with Crippen molar-refractivity contribution in [2.75, 3.05) is 0 Å². The molecule has 0 fully saturated rings. The summed E-state index contributed by atoms with van der Waals surface area (Å²) in [5, 5.41) is 8.90. The molecule has 1 aromatic heterocycles. The quantitative estimate of drug-likeness (QED) is 0.635. The Kier molecular flexibility index (Phi) is 4.38. The lowest BCUT2D eigenvalue weighted by molar-refractivity contribution is 0.0694. The Morgan fingerprint density at radius 3 is 2.67 bits per heavy atom. The van der Waals surface area contributed by atoms with E-state index in [0.717, 1.165) is 6.20 Å². The second-order valence-electron chi connectivity index (χ2n) is 2.59. The lowest BCUT2D eigenvalue weighted by Crippen LogP contribution is -2.08. The van der Waals surface area contributed by atoms with E-state index in [2.05, 4.69) is 20.9 Å². The van der Waals surface area contributed by atoms with Gasteiger partial charge in [0.25, 0.3) is 6.43 Å². The van der Waals surface area contributed by atoms with E-state index in [9.17, 15) is 13.6 Å². The molecule has 1 N–H and O–H groups in total. The van der Waals surface area contributed by atoms with Crippen molar-refractivity contribution in [3.8, 4) is 0 Å². The van der Waals surface area contributed by atoms with Gasteiger partial charge in [0.05, 0.1) is 16.8 Å². The Morgan fingerprint density at radius 1 is 1.67 bits per heavy atom. The van der Waals surface area contributed by atoms with Crippen molar-refractivity contribution in [2.24, 2.45) is 0 Å². The SMILES string of the molecule is O=C(O)c1cnc(CBr)c(C(F)F)c1I. The molecule has 7 heteroatoms. The molecule has 15 heavy (non-hydrogen) atoms. The van der Waals surface area contributed by atoms with E-state index in [4.69, 9.17) is 5.11 Å². The van der Waals surface area contributed by atoms with E-state index >= 15 is 0 Å². The van der Waals surface area contributed by atoms with Crippen LogP contribution < -0.4 is 0 Å². The number of aromatic carboxylic acids is 1. The van der Waals surface area contributed by atoms with Crippen LogP contribution in [0.15, 0.2) is 6.20 Å². The van der Waals surface area contributed by atoms with E-state index in [0.29, 0.717) is 0 Å². The predicted molar refractivity (Wildman–Crippen MR) is 61.5 cm³/mol. The average molecular weight is 392 g/mol. The minimum Gasteiger partial charge on any atom is -0.478 e. The highest BCUT2D eigenvalue weighted by molar-refractivity contribution is 14.1. The number of hydrogen-bond acceptors (Lipinski definition) is 2. The third kappa shape index (κ3) is 2.63. The summed E-state index contributed by atoms with van der Waals surface area (Å²) in [6.07, 6.45) is -1.64. The Labute approximate surface area is 106 Å². The summed E-state index contributed by atoms with van der Waals surface area (Å²) in [5.74, 6) is -1.25. The molecule has 0 spiro atoms. The first-order valence-corrected chi connectivity index (χ1v) is 5.93. The van der Waals surface area contributed by atoms with Crippen LogP contribution in [0.3, 0.4) is 0 Å². The van der Waals surface area contributed by atoms with Crippen LogP contribution in [-0.2, 0) is 5.33 Å². The molecule has 0 aliphatic heterocycles. The van der Waals surface area contributed by atoms with Crippen LogP contribution in [0, 0.1) is 3.57 Å². The average Bonchev–Trinajstić information content (AvgIpc) is 2.15. The summed E-state index contributed by atoms with van der Waals surface area (Å²) in [5.41, 5.74) is -0.345. The van der Waals surface area contributed by atoms with Gasteiger partial charge in [0.2, 0.25) is 0 Å². The van der Waals surface area contributed by atoms with Gasteiger partial charge in [-0.2, -0.15) is 0 Å². The van der Waals surface area contributed by atoms with Crippen molar-refractivity contribution in [1.82, 2.24) is 4.98 Å². The van der Waals surface area contributed by atoms with Crippen molar-refractivity contribution in [2.45, 2.75) is 11.8 Å². The number of pyridine rings is 1. The smallest absolute Gasteiger partial charge is 0.338 e. The minimum absolute atomic E-state index is 0.0413. The molecule has 3 nitrogen and oxygen atoms in total.